The van der Waals surface area contributed by atoms with Gasteiger partial charge in [-0.1, -0.05) is 20.8 Å². The maximum atomic E-state index is 12.2. The summed E-state index contributed by atoms with van der Waals surface area (Å²) in [6, 6.07) is 0.467. The predicted octanol–water partition coefficient (Wildman–Crippen LogP) is 3.66. The zero-order chi connectivity index (χ0) is 15.5. The van der Waals surface area contributed by atoms with Crippen LogP contribution in [0.25, 0.3) is 0 Å². The average molecular weight is 305 g/mol. The van der Waals surface area contributed by atoms with E-state index in [1.165, 1.54) is 0 Å². The van der Waals surface area contributed by atoms with Gasteiger partial charge in [0, 0.05) is 30.9 Å². The van der Waals surface area contributed by atoms with Gasteiger partial charge in [-0.05, 0) is 45.6 Å². The molecule has 0 aromatic heterocycles. The summed E-state index contributed by atoms with van der Waals surface area (Å²) in [6.45, 7) is 10.2. The Morgan fingerprint density at radius 3 is 2.25 bits per heavy atom. The van der Waals surface area contributed by atoms with Crippen LogP contribution >= 0.6 is 11.6 Å². The highest BCUT2D eigenvalue weighted by Gasteiger charge is 2.24. The molecule has 0 aromatic carbocycles. The fraction of sp³-hybridized carbons (Fsp3) is 0.938. The third-order valence-electron chi connectivity index (χ3n) is 3.95. The van der Waals surface area contributed by atoms with Crippen molar-refractivity contribution >= 4 is 17.5 Å². The number of carbonyl (C=O) groups excluding carboxylic acids is 1. The van der Waals surface area contributed by atoms with E-state index in [4.69, 9.17) is 11.6 Å². The Labute approximate surface area is 130 Å². The van der Waals surface area contributed by atoms with Gasteiger partial charge in [-0.25, -0.2) is 0 Å². The highest BCUT2D eigenvalue weighted by atomic mass is 35.5. The van der Waals surface area contributed by atoms with E-state index >= 15 is 0 Å². The monoisotopic (exact) mass is 304 g/mol. The van der Waals surface area contributed by atoms with Gasteiger partial charge in [0.1, 0.15) is 0 Å². The zero-order valence-electron chi connectivity index (χ0n) is 13.9. The molecular formula is C16H33ClN2O. The van der Waals surface area contributed by atoms with Crippen molar-refractivity contribution in [2.75, 3.05) is 20.1 Å². The van der Waals surface area contributed by atoms with Crippen LogP contribution in [0, 0.1) is 5.92 Å². The van der Waals surface area contributed by atoms with Gasteiger partial charge in [0.15, 0.2) is 0 Å². The van der Waals surface area contributed by atoms with E-state index in [1.54, 1.807) is 4.90 Å². The van der Waals surface area contributed by atoms with Crippen LogP contribution in [0.4, 0.5) is 0 Å². The Morgan fingerprint density at radius 1 is 1.15 bits per heavy atom. The third-order valence-corrected chi connectivity index (χ3v) is 4.31. The first kappa shape index (κ1) is 19.7. The van der Waals surface area contributed by atoms with E-state index in [0.29, 0.717) is 6.04 Å². The standard InChI is InChI=1S/C16H33ClN2O/c1-6-10-18-15(8-3)12-14(17)11-13(7-2)16(20)19(5)9-4/h13-15,18H,6-12H2,1-5H3. The van der Waals surface area contributed by atoms with Gasteiger partial charge in [0.05, 0.1) is 0 Å². The maximum Gasteiger partial charge on any atom is 0.225 e. The zero-order valence-corrected chi connectivity index (χ0v) is 14.7. The molecule has 1 N–H and O–H groups in total. The number of halogens is 1. The molecule has 20 heavy (non-hydrogen) atoms. The first-order valence-electron chi connectivity index (χ1n) is 8.12. The summed E-state index contributed by atoms with van der Waals surface area (Å²) in [5.74, 6) is 0.293. The van der Waals surface area contributed by atoms with Crippen molar-refractivity contribution in [3.8, 4) is 0 Å². The van der Waals surface area contributed by atoms with Crippen molar-refractivity contribution in [3.63, 3.8) is 0 Å². The highest BCUT2D eigenvalue weighted by Crippen LogP contribution is 2.21. The molecule has 0 saturated carbocycles. The molecule has 0 saturated heterocycles. The summed E-state index contributed by atoms with van der Waals surface area (Å²) in [5, 5.41) is 3.60. The molecule has 3 unspecified atom stereocenters. The van der Waals surface area contributed by atoms with Gasteiger partial charge in [-0.15, -0.1) is 11.6 Å². The smallest absolute Gasteiger partial charge is 0.225 e. The van der Waals surface area contributed by atoms with Gasteiger partial charge in [-0.2, -0.15) is 0 Å². The Kier molecular flexibility index (Phi) is 11.2. The fourth-order valence-corrected chi connectivity index (χ4v) is 2.80. The van der Waals surface area contributed by atoms with Crippen LogP contribution in [-0.2, 0) is 4.79 Å². The summed E-state index contributed by atoms with van der Waals surface area (Å²) in [6.07, 6.45) is 4.82. The van der Waals surface area contributed by atoms with Gasteiger partial charge in [0.25, 0.3) is 0 Å². The second-order valence-electron chi connectivity index (χ2n) is 5.59. The quantitative estimate of drug-likeness (QED) is 0.591. The van der Waals surface area contributed by atoms with E-state index in [2.05, 4.69) is 26.1 Å². The molecule has 3 atom stereocenters. The molecule has 0 fully saturated rings. The summed E-state index contributed by atoms with van der Waals surface area (Å²) < 4.78 is 0. The number of alkyl halides is 1. The van der Waals surface area contributed by atoms with Crippen LogP contribution < -0.4 is 5.32 Å². The van der Waals surface area contributed by atoms with Crippen molar-refractivity contribution in [2.45, 2.75) is 71.2 Å². The lowest BCUT2D eigenvalue weighted by Gasteiger charge is -2.25. The van der Waals surface area contributed by atoms with Crippen molar-refractivity contribution in [2.24, 2.45) is 5.92 Å². The SMILES string of the molecule is CCCNC(CC)CC(Cl)CC(CC)C(=O)N(C)CC. The van der Waals surface area contributed by atoms with Crippen molar-refractivity contribution < 1.29 is 4.79 Å². The number of hydrogen-bond donors (Lipinski definition) is 1. The summed E-state index contributed by atoms with van der Waals surface area (Å²) in [5.41, 5.74) is 0. The van der Waals surface area contributed by atoms with Crippen LogP contribution in [0.15, 0.2) is 0 Å². The van der Waals surface area contributed by atoms with Gasteiger partial charge >= 0.3 is 0 Å². The van der Waals surface area contributed by atoms with Crippen molar-refractivity contribution in [1.29, 1.82) is 0 Å². The topological polar surface area (TPSA) is 32.3 Å². The van der Waals surface area contributed by atoms with E-state index in [-0.39, 0.29) is 17.2 Å². The molecule has 0 spiro atoms. The second kappa shape index (κ2) is 11.4. The van der Waals surface area contributed by atoms with Gasteiger partial charge in [-0.3, -0.25) is 4.79 Å². The van der Waals surface area contributed by atoms with Crippen molar-refractivity contribution in [3.05, 3.63) is 0 Å². The number of nitrogens with zero attached hydrogens (tertiary/aromatic N) is 1. The summed E-state index contributed by atoms with van der Waals surface area (Å²) >= 11 is 6.49. The fourth-order valence-electron chi connectivity index (χ4n) is 2.37. The van der Waals surface area contributed by atoms with Crippen LogP contribution in [0.2, 0.25) is 0 Å². The largest absolute Gasteiger partial charge is 0.346 e. The molecule has 0 heterocycles. The van der Waals surface area contributed by atoms with E-state index in [9.17, 15) is 4.79 Å². The van der Waals surface area contributed by atoms with Crippen LogP contribution in [-0.4, -0.2) is 42.4 Å². The molecule has 0 aliphatic heterocycles. The predicted molar refractivity (Wildman–Crippen MR) is 88.3 cm³/mol. The van der Waals surface area contributed by atoms with Crippen molar-refractivity contribution in [1.82, 2.24) is 10.2 Å². The molecule has 3 nitrogen and oxygen atoms in total. The number of carbonyl (C=O) groups is 1. The Balaban J connectivity index is 4.32. The number of nitrogens with one attached hydrogen (secondary N) is 1. The molecule has 120 valence electrons. The molecule has 0 radical (unpaired) electrons. The average Bonchev–Trinajstić information content (AvgIpc) is 2.47. The van der Waals surface area contributed by atoms with Crippen LogP contribution in [0.1, 0.15) is 59.8 Å². The minimum absolute atomic E-state index is 0.0612. The van der Waals surface area contributed by atoms with E-state index in [1.807, 2.05) is 14.0 Å². The summed E-state index contributed by atoms with van der Waals surface area (Å²) in [7, 11) is 1.87. The molecule has 0 aliphatic carbocycles. The first-order valence-corrected chi connectivity index (χ1v) is 8.55. The number of rotatable bonds is 11. The molecule has 4 heteroatoms. The second-order valence-corrected chi connectivity index (χ2v) is 6.20. The first-order chi connectivity index (χ1) is 9.49. The molecular weight excluding hydrogens is 272 g/mol. The third kappa shape index (κ3) is 7.49. The lowest BCUT2D eigenvalue weighted by atomic mass is 9.95. The van der Waals surface area contributed by atoms with Gasteiger partial charge in [0.2, 0.25) is 5.91 Å². The lowest BCUT2D eigenvalue weighted by Crippen LogP contribution is -2.35. The molecule has 0 rings (SSSR count). The van der Waals surface area contributed by atoms with Crippen LogP contribution in [0.5, 0.6) is 0 Å². The molecule has 1 amide bonds. The minimum atomic E-state index is 0.0612. The number of hydrogen-bond acceptors (Lipinski definition) is 2. The lowest BCUT2D eigenvalue weighted by molar-refractivity contribution is -0.134. The van der Waals surface area contributed by atoms with Crippen LogP contribution in [0.3, 0.4) is 0 Å². The van der Waals surface area contributed by atoms with Gasteiger partial charge < -0.3 is 10.2 Å². The summed E-state index contributed by atoms with van der Waals surface area (Å²) in [4.78, 5) is 14.0. The maximum absolute atomic E-state index is 12.2. The highest BCUT2D eigenvalue weighted by molar-refractivity contribution is 6.20. The Hall–Kier alpha value is -0.280. The Bertz CT molecular complexity index is 261. The minimum Gasteiger partial charge on any atom is -0.346 e. The molecule has 0 aliphatic rings. The number of amides is 1. The van der Waals surface area contributed by atoms with E-state index < -0.39 is 0 Å². The molecule has 0 bridgehead atoms. The van der Waals surface area contributed by atoms with E-state index in [0.717, 1.165) is 45.2 Å². The Morgan fingerprint density at radius 2 is 1.80 bits per heavy atom. The molecule has 0 aromatic rings. The normalized spacial score (nSPS) is 15.7.